The van der Waals surface area contributed by atoms with Gasteiger partial charge in [0.15, 0.2) is 0 Å². The molecule has 1 aliphatic heterocycles. The van der Waals surface area contributed by atoms with Gasteiger partial charge in [-0.15, -0.1) is 0 Å². The van der Waals surface area contributed by atoms with E-state index in [-0.39, 0.29) is 10.8 Å². The second-order valence-corrected chi connectivity index (χ2v) is 9.83. The van der Waals surface area contributed by atoms with Gasteiger partial charge in [0.2, 0.25) is 15.9 Å². The fourth-order valence-corrected chi connectivity index (χ4v) is 4.71. The van der Waals surface area contributed by atoms with Crippen molar-refractivity contribution in [3.63, 3.8) is 0 Å². The van der Waals surface area contributed by atoms with E-state index < -0.39 is 22.0 Å². The molecule has 32 heavy (non-hydrogen) atoms. The summed E-state index contributed by atoms with van der Waals surface area (Å²) < 4.78 is 38.7. The first-order chi connectivity index (χ1) is 15.3. The van der Waals surface area contributed by atoms with Gasteiger partial charge >= 0.3 is 0 Å². The molecule has 1 unspecified atom stereocenters. The van der Waals surface area contributed by atoms with Gasteiger partial charge in [0.25, 0.3) is 0 Å². The third-order valence-electron chi connectivity index (χ3n) is 5.20. The predicted molar refractivity (Wildman–Crippen MR) is 125 cm³/mol. The zero-order chi connectivity index (χ0) is 23.1. The van der Waals surface area contributed by atoms with Crippen molar-refractivity contribution in [1.29, 1.82) is 0 Å². The van der Waals surface area contributed by atoms with Crippen LogP contribution < -0.4 is 19.7 Å². The molecule has 2 aromatic rings. The van der Waals surface area contributed by atoms with E-state index in [0.717, 1.165) is 18.8 Å². The van der Waals surface area contributed by atoms with E-state index in [1.54, 1.807) is 12.1 Å². The average Bonchev–Trinajstić information content (AvgIpc) is 2.79. The van der Waals surface area contributed by atoms with Crippen molar-refractivity contribution in [2.24, 2.45) is 5.92 Å². The number of nitrogens with zero attached hydrogens (tertiary/aromatic N) is 1. The van der Waals surface area contributed by atoms with Gasteiger partial charge < -0.3 is 19.7 Å². The fraction of sp³-hybridized carbons (Fsp3) is 0.435. The first-order valence-corrected chi connectivity index (χ1v) is 12.2. The topological polar surface area (TPSA) is 97.0 Å². The van der Waals surface area contributed by atoms with Crippen LogP contribution in [-0.2, 0) is 19.6 Å². The maximum atomic E-state index is 13.0. The molecule has 1 fully saturated rings. The van der Waals surface area contributed by atoms with Crippen LogP contribution in [0.1, 0.15) is 20.3 Å². The lowest BCUT2D eigenvalue weighted by molar-refractivity contribution is -0.118. The highest BCUT2D eigenvalue weighted by Gasteiger charge is 2.27. The number of nitrogens with one attached hydrogen (secondary N) is 2. The molecule has 1 atom stereocenters. The Balaban J connectivity index is 1.69. The summed E-state index contributed by atoms with van der Waals surface area (Å²) >= 11 is 0. The van der Waals surface area contributed by atoms with E-state index in [0.29, 0.717) is 31.1 Å². The van der Waals surface area contributed by atoms with Crippen molar-refractivity contribution in [2.45, 2.75) is 31.2 Å². The standard InChI is InChI=1S/C23H31N3O5S/c1-17(2)16-22(25-32(28,29)21-10-8-20(30-3)9-11-21)23(27)24-18-4-6-19(7-5-18)26-12-14-31-15-13-26/h4-11,17,22,25H,12-16H2,1-3H3,(H,24,27). The Labute approximate surface area is 190 Å². The molecule has 2 aromatic carbocycles. The van der Waals surface area contributed by atoms with Crippen LogP contribution in [0, 0.1) is 5.92 Å². The Bertz CT molecular complexity index is 985. The summed E-state index contributed by atoms with van der Waals surface area (Å²) in [6, 6.07) is 12.7. The van der Waals surface area contributed by atoms with Gasteiger partial charge in [0.1, 0.15) is 11.8 Å². The molecule has 1 heterocycles. The second-order valence-electron chi connectivity index (χ2n) is 8.11. The van der Waals surface area contributed by atoms with Crippen molar-refractivity contribution < 1.29 is 22.7 Å². The first kappa shape index (κ1) is 24.0. The quantitative estimate of drug-likeness (QED) is 0.596. The molecule has 1 amide bonds. The molecule has 0 spiro atoms. The maximum absolute atomic E-state index is 13.0. The summed E-state index contributed by atoms with van der Waals surface area (Å²) in [4.78, 5) is 15.3. The number of sulfonamides is 1. The SMILES string of the molecule is COc1ccc(S(=O)(=O)NC(CC(C)C)C(=O)Nc2ccc(N3CCOCC3)cc2)cc1. The average molecular weight is 462 g/mol. The molecule has 174 valence electrons. The number of amides is 1. The molecule has 0 aliphatic carbocycles. The lowest BCUT2D eigenvalue weighted by Crippen LogP contribution is -2.44. The Kier molecular flexibility index (Phi) is 8.11. The van der Waals surface area contributed by atoms with E-state index >= 15 is 0 Å². The molecule has 0 bridgehead atoms. The first-order valence-electron chi connectivity index (χ1n) is 10.7. The van der Waals surface area contributed by atoms with E-state index in [1.807, 2.05) is 38.1 Å². The van der Waals surface area contributed by atoms with E-state index in [1.165, 1.54) is 19.2 Å². The molecular weight excluding hydrogens is 430 g/mol. The summed E-state index contributed by atoms with van der Waals surface area (Å²) in [6.45, 7) is 6.94. The minimum atomic E-state index is -3.87. The number of methoxy groups -OCH3 is 1. The minimum absolute atomic E-state index is 0.0784. The summed E-state index contributed by atoms with van der Waals surface area (Å²) in [6.07, 6.45) is 0.368. The number of ether oxygens (including phenoxy) is 2. The summed E-state index contributed by atoms with van der Waals surface area (Å²) in [7, 11) is -2.36. The molecule has 0 saturated carbocycles. The van der Waals surface area contributed by atoms with Crippen LogP contribution in [-0.4, -0.2) is 53.8 Å². The third kappa shape index (κ3) is 6.44. The van der Waals surface area contributed by atoms with Gasteiger partial charge in [0, 0.05) is 24.5 Å². The largest absolute Gasteiger partial charge is 0.497 e. The number of carbonyl (C=O) groups is 1. The Morgan fingerprint density at radius 1 is 1.06 bits per heavy atom. The zero-order valence-corrected chi connectivity index (χ0v) is 19.5. The molecule has 1 saturated heterocycles. The lowest BCUT2D eigenvalue weighted by Gasteiger charge is -2.29. The van der Waals surface area contributed by atoms with E-state index in [2.05, 4.69) is 14.9 Å². The van der Waals surface area contributed by atoms with E-state index in [4.69, 9.17) is 9.47 Å². The van der Waals surface area contributed by atoms with Gasteiger partial charge in [-0.3, -0.25) is 4.79 Å². The number of morpholine rings is 1. The van der Waals surface area contributed by atoms with Crippen LogP contribution in [0.3, 0.4) is 0 Å². The van der Waals surface area contributed by atoms with Crippen molar-refractivity contribution >= 4 is 27.3 Å². The number of anilines is 2. The highest BCUT2D eigenvalue weighted by atomic mass is 32.2. The highest BCUT2D eigenvalue weighted by Crippen LogP contribution is 2.21. The van der Waals surface area contributed by atoms with Gasteiger partial charge in [0.05, 0.1) is 25.2 Å². The van der Waals surface area contributed by atoms with Gasteiger partial charge in [-0.2, -0.15) is 4.72 Å². The van der Waals surface area contributed by atoms with Gasteiger partial charge in [-0.05, 0) is 60.9 Å². The fourth-order valence-electron chi connectivity index (χ4n) is 3.50. The molecule has 3 rings (SSSR count). The molecular formula is C23H31N3O5S. The second kappa shape index (κ2) is 10.8. The molecule has 1 aliphatic rings. The summed E-state index contributed by atoms with van der Waals surface area (Å²) in [5.74, 6) is 0.281. The minimum Gasteiger partial charge on any atom is -0.497 e. The van der Waals surface area contributed by atoms with Crippen LogP contribution in [0.15, 0.2) is 53.4 Å². The summed E-state index contributed by atoms with van der Waals surface area (Å²) in [5, 5.41) is 2.84. The highest BCUT2D eigenvalue weighted by molar-refractivity contribution is 7.89. The van der Waals surface area contributed by atoms with Crippen molar-refractivity contribution in [2.75, 3.05) is 43.6 Å². The van der Waals surface area contributed by atoms with E-state index in [9.17, 15) is 13.2 Å². The van der Waals surface area contributed by atoms with Crippen LogP contribution in [0.25, 0.3) is 0 Å². The van der Waals surface area contributed by atoms with Crippen molar-refractivity contribution in [3.8, 4) is 5.75 Å². The number of carbonyl (C=O) groups excluding carboxylic acids is 1. The van der Waals surface area contributed by atoms with Gasteiger partial charge in [-0.1, -0.05) is 13.8 Å². The number of hydrogen-bond acceptors (Lipinski definition) is 6. The van der Waals surface area contributed by atoms with Crippen LogP contribution in [0.2, 0.25) is 0 Å². The zero-order valence-electron chi connectivity index (χ0n) is 18.7. The summed E-state index contributed by atoms with van der Waals surface area (Å²) in [5.41, 5.74) is 1.68. The van der Waals surface area contributed by atoms with Gasteiger partial charge in [-0.25, -0.2) is 8.42 Å². The van der Waals surface area contributed by atoms with Crippen molar-refractivity contribution in [3.05, 3.63) is 48.5 Å². The number of hydrogen-bond donors (Lipinski definition) is 2. The smallest absolute Gasteiger partial charge is 0.242 e. The number of benzene rings is 2. The maximum Gasteiger partial charge on any atom is 0.242 e. The monoisotopic (exact) mass is 461 g/mol. The normalized spacial score (nSPS) is 15.4. The van der Waals surface area contributed by atoms with Crippen molar-refractivity contribution in [1.82, 2.24) is 4.72 Å². The Morgan fingerprint density at radius 2 is 1.69 bits per heavy atom. The lowest BCUT2D eigenvalue weighted by atomic mass is 10.0. The molecule has 8 nitrogen and oxygen atoms in total. The van der Waals surface area contributed by atoms with Crippen LogP contribution in [0.5, 0.6) is 5.75 Å². The Morgan fingerprint density at radius 3 is 2.25 bits per heavy atom. The molecule has 2 N–H and O–H groups in total. The third-order valence-corrected chi connectivity index (χ3v) is 6.69. The Hall–Kier alpha value is -2.62. The predicted octanol–water partition coefficient (Wildman–Crippen LogP) is 2.86. The van der Waals surface area contributed by atoms with Crippen LogP contribution in [0.4, 0.5) is 11.4 Å². The number of rotatable bonds is 9. The molecule has 9 heteroatoms. The molecule has 0 aromatic heterocycles. The van der Waals surface area contributed by atoms with Crippen LogP contribution >= 0.6 is 0 Å². The molecule has 0 radical (unpaired) electrons.